The molecular weight excluding hydrogens is 394 g/mol. The summed E-state index contributed by atoms with van der Waals surface area (Å²) in [6.45, 7) is 0.450. The molecule has 1 aliphatic heterocycles. The molecule has 0 fully saturated rings. The molecule has 7 nitrogen and oxygen atoms in total. The van der Waals surface area contributed by atoms with Gasteiger partial charge in [0.15, 0.2) is 17.5 Å². The molecule has 0 bridgehead atoms. The number of esters is 1. The van der Waals surface area contributed by atoms with Gasteiger partial charge in [-0.05, 0) is 47.2 Å². The summed E-state index contributed by atoms with van der Waals surface area (Å²) in [6, 6.07) is 4.64. The third kappa shape index (κ3) is 4.07. The van der Waals surface area contributed by atoms with E-state index >= 15 is 0 Å². The van der Waals surface area contributed by atoms with Crippen LogP contribution in [-0.4, -0.2) is 51.8 Å². The molecule has 2 heterocycles. The lowest BCUT2D eigenvalue weighted by molar-refractivity contribution is -0.152. The summed E-state index contributed by atoms with van der Waals surface area (Å²) in [6.07, 6.45) is 3.81. The maximum absolute atomic E-state index is 12.9. The Hall–Kier alpha value is -3.00. The van der Waals surface area contributed by atoms with Crippen LogP contribution in [0.2, 0.25) is 0 Å². The second kappa shape index (κ2) is 9.00. The van der Waals surface area contributed by atoms with E-state index in [0.717, 1.165) is 10.4 Å². The van der Waals surface area contributed by atoms with Crippen LogP contribution in [0.15, 0.2) is 29.7 Å². The maximum Gasteiger partial charge on any atom is 0.333 e. The molecule has 1 aromatic heterocycles. The summed E-state index contributed by atoms with van der Waals surface area (Å²) >= 11 is 1.59. The number of carbonyl (C=O) groups is 2. The number of fused-ring (bicyclic) bond motifs is 1. The van der Waals surface area contributed by atoms with Gasteiger partial charge in [-0.3, -0.25) is 4.79 Å². The molecule has 3 rings (SSSR count). The van der Waals surface area contributed by atoms with Gasteiger partial charge in [0.2, 0.25) is 11.7 Å². The van der Waals surface area contributed by atoms with Crippen LogP contribution in [0.4, 0.5) is 0 Å². The van der Waals surface area contributed by atoms with E-state index in [1.54, 1.807) is 29.5 Å². The maximum atomic E-state index is 12.9. The molecular formula is C21H23NO6S. The van der Waals surface area contributed by atoms with E-state index < -0.39 is 12.0 Å². The van der Waals surface area contributed by atoms with E-state index in [-0.39, 0.29) is 5.91 Å². The van der Waals surface area contributed by atoms with E-state index in [4.69, 9.17) is 18.9 Å². The van der Waals surface area contributed by atoms with Crippen molar-refractivity contribution < 1.29 is 28.5 Å². The molecule has 154 valence electrons. The highest BCUT2D eigenvalue weighted by molar-refractivity contribution is 7.10. The highest BCUT2D eigenvalue weighted by atomic mass is 32.1. The molecule has 0 saturated carbocycles. The SMILES string of the molecule is COC(=O)C1c2ccsc2CCN1C(=O)/C=C/c1cc(OC)c(OC)c(OC)c1. The van der Waals surface area contributed by atoms with E-state index in [1.165, 1.54) is 39.4 Å². The van der Waals surface area contributed by atoms with E-state index in [0.29, 0.717) is 35.8 Å². The summed E-state index contributed by atoms with van der Waals surface area (Å²) in [4.78, 5) is 27.9. The summed E-state index contributed by atoms with van der Waals surface area (Å²) in [7, 11) is 5.92. The second-order valence-corrected chi connectivity index (χ2v) is 7.30. The Labute approximate surface area is 173 Å². The number of nitrogens with zero attached hydrogens (tertiary/aromatic N) is 1. The topological polar surface area (TPSA) is 74.3 Å². The number of carbonyl (C=O) groups excluding carboxylic acids is 2. The Balaban J connectivity index is 1.88. The smallest absolute Gasteiger partial charge is 0.333 e. The molecule has 8 heteroatoms. The standard InChI is InChI=1S/C21H23NO6S/c1-25-15-11-13(12-16(26-2)20(15)27-3)5-6-18(23)22-9-7-17-14(8-10-29-17)19(22)21(24)28-4/h5-6,8,10-12,19H,7,9H2,1-4H3/b6-5+. The van der Waals surface area contributed by atoms with Crippen molar-refractivity contribution in [3.05, 3.63) is 45.7 Å². The first-order chi connectivity index (χ1) is 14.0. The van der Waals surface area contributed by atoms with Crippen LogP contribution < -0.4 is 14.2 Å². The van der Waals surface area contributed by atoms with Crippen molar-refractivity contribution in [1.82, 2.24) is 4.90 Å². The van der Waals surface area contributed by atoms with Gasteiger partial charge in [0.1, 0.15) is 0 Å². The first kappa shape index (κ1) is 20.7. The minimum absolute atomic E-state index is 0.272. The molecule has 0 saturated heterocycles. The van der Waals surface area contributed by atoms with E-state index in [1.807, 2.05) is 11.4 Å². The fourth-order valence-corrected chi connectivity index (χ4v) is 4.28. The predicted octanol–water partition coefficient (Wildman–Crippen LogP) is 3.09. The number of hydrogen-bond acceptors (Lipinski definition) is 7. The lowest BCUT2D eigenvalue weighted by Crippen LogP contribution is -2.42. The van der Waals surface area contributed by atoms with Gasteiger partial charge >= 0.3 is 5.97 Å². The van der Waals surface area contributed by atoms with Crippen LogP contribution in [0, 0.1) is 0 Å². The van der Waals surface area contributed by atoms with Gasteiger partial charge in [0.25, 0.3) is 0 Å². The monoisotopic (exact) mass is 417 g/mol. The molecule has 0 spiro atoms. The fourth-order valence-electron chi connectivity index (χ4n) is 3.38. The molecule has 1 amide bonds. The van der Waals surface area contributed by atoms with Crippen molar-refractivity contribution in [2.45, 2.75) is 12.5 Å². The van der Waals surface area contributed by atoms with Crippen molar-refractivity contribution in [1.29, 1.82) is 0 Å². The normalized spacial score (nSPS) is 15.7. The molecule has 0 aliphatic carbocycles. The highest BCUT2D eigenvalue weighted by Crippen LogP contribution is 2.39. The quantitative estimate of drug-likeness (QED) is 0.531. The summed E-state index contributed by atoms with van der Waals surface area (Å²) in [5, 5.41) is 1.93. The Morgan fingerprint density at radius 1 is 1.10 bits per heavy atom. The molecule has 1 atom stereocenters. The number of amides is 1. The highest BCUT2D eigenvalue weighted by Gasteiger charge is 2.36. The van der Waals surface area contributed by atoms with Crippen LogP contribution >= 0.6 is 11.3 Å². The Kier molecular flexibility index (Phi) is 6.43. The number of ether oxygens (including phenoxy) is 4. The zero-order valence-corrected chi connectivity index (χ0v) is 17.6. The average Bonchev–Trinajstić information content (AvgIpc) is 3.24. The average molecular weight is 417 g/mol. The van der Waals surface area contributed by atoms with Gasteiger partial charge in [-0.15, -0.1) is 11.3 Å². The van der Waals surface area contributed by atoms with Crippen LogP contribution in [-0.2, 0) is 20.7 Å². The zero-order valence-electron chi connectivity index (χ0n) is 16.8. The van der Waals surface area contributed by atoms with Crippen molar-refractivity contribution in [3.63, 3.8) is 0 Å². The molecule has 2 aromatic rings. The second-order valence-electron chi connectivity index (χ2n) is 6.30. The third-order valence-corrected chi connectivity index (χ3v) is 5.78. The lowest BCUT2D eigenvalue weighted by Gasteiger charge is -2.33. The van der Waals surface area contributed by atoms with Gasteiger partial charge in [-0.1, -0.05) is 0 Å². The summed E-state index contributed by atoms with van der Waals surface area (Å²) in [5.74, 6) is 0.745. The zero-order chi connectivity index (χ0) is 21.0. The van der Waals surface area contributed by atoms with Gasteiger partial charge < -0.3 is 23.8 Å². The fraction of sp³-hybridized carbons (Fsp3) is 0.333. The molecule has 0 radical (unpaired) electrons. The largest absolute Gasteiger partial charge is 0.493 e. The Bertz CT molecular complexity index is 910. The lowest BCUT2D eigenvalue weighted by atomic mass is 9.99. The number of rotatable bonds is 6. The number of hydrogen-bond donors (Lipinski definition) is 0. The molecule has 29 heavy (non-hydrogen) atoms. The number of methoxy groups -OCH3 is 4. The molecule has 1 aromatic carbocycles. The Morgan fingerprint density at radius 2 is 1.79 bits per heavy atom. The van der Waals surface area contributed by atoms with Crippen LogP contribution in [0.25, 0.3) is 6.08 Å². The summed E-state index contributed by atoms with van der Waals surface area (Å²) in [5.41, 5.74) is 1.54. The van der Waals surface area contributed by atoms with Crippen molar-refractivity contribution in [3.8, 4) is 17.2 Å². The molecule has 1 unspecified atom stereocenters. The third-order valence-electron chi connectivity index (χ3n) is 4.78. The van der Waals surface area contributed by atoms with Crippen LogP contribution in [0.5, 0.6) is 17.2 Å². The van der Waals surface area contributed by atoms with Gasteiger partial charge in [0.05, 0.1) is 28.4 Å². The Morgan fingerprint density at radius 3 is 2.38 bits per heavy atom. The van der Waals surface area contributed by atoms with Crippen molar-refractivity contribution in [2.75, 3.05) is 35.0 Å². The van der Waals surface area contributed by atoms with Gasteiger partial charge in [-0.2, -0.15) is 0 Å². The predicted molar refractivity (Wildman–Crippen MR) is 110 cm³/mol. The van der Waals surface area contributed by atoms with Crippen molar-refractivity contribution >= 4 is 29.3 Å². The first-order valence-electron chi connectivity index (χ1n) is 8.96. The summed E-state index contributed by atoms with van der Waals surface area (Å²) < 4.78 is 20.9. The van der Waals surface area contributed by atoms with Crippen LogP contribution in [0.1, 0.15) is 22.0 Å². The van der Waals surface area contributed by atoms with Gasteiger partial charge in [0, 0.05) is 17.5 Å². The minimum Gasteiger partial charge on any atom is -0.493 e. The van der Waals surface area contributed by atoms with Crippen LogP contribution in [0.3, 0.4) is 0 Å². The van der Waals surface area contributed by atoms with E-state index in [2.05, 4.69) is 0 Å². The minimum atomic E-state index is -0.730. The number of thiophene rings is 1. The van der Waals surface area contributed by atoms with E-state index in [9.17, 15) is 9.59 Å². The molecule has 1 aliphatic rings. The van der Waals surface area contributed by atoms with Crippen molar-refractivity contribution in [2.24, 2.45) is 0 Å². The number of benzene rings is 1. The molecule has 0 N–H and O–H groups in total. The first-order valence-corrected chi connectivity index (χ1v) is 9.84. The van der Waals surface area contributed by atoms with Gasteiger partial charge in [-0.25, -0.2) is 4.79 Å².